The van der Waals surface area contributed by atoms with E-state index in [1.165, 1.54) is 10.9 Å². The molecule has 0 aliphatic rings. The van der Waals surface area contributed by atoms with Crippen LogP contribution in [0.15, 0.2) is 6.20 Å². The molecule has 0 spiro atoms. The molecule has 6 heteroatoms. The summed E-state index contributed by atoms with van der Waals surface area (Å²) in [4.78, 5) is 11.4. The lowest BCUT2D eigenvalue weighted by molar-refractivity contribution is 0.0634. The molecule has 0 radical (unpaired) electrons. The van der Waals surface area contributed by atoms with E-state index in [1.54, 1.807) is 27.8 Å². The number of nitrogens with zero attached hydrogens (tertiary/aromatic N) is 2. The largest absolute Gasteiger partial charge is 0.444 e. The van der Waals surface area contributed by atoms with E-state index in [4.69, 9.17) is 10.5 Å². The Labute approximate surface area is 88.4 Å². The lowest BCUT2D eigenvalue weighted by atomic mass is 10.2. The highest BCUT2D eigenvalue weighted by atomic mass is 16.6. The Bertz CT molecular complexity index is 345. The standard InChI is InChI=1S/C9H16N4O2/c1-9(2,3)15-8(14)12-7-6(10)5-11-13(7)4/h5H,10H2,1-4H3,(H,12,14). The fourth-order valence-corrected chi connectivity index (χ4v) is 1.01. The zero-order chi connectivity index (χ0) is 11.6. The number of aryl methyl sites for hydroxylation is 1. The predicted octanol–water partition coefficient (Wildman–Crippen LogP) is 1.35. The van der Waals surface area contributed by atoms with Crippen molar-refractivity contribution in [1.29, 1.82) is 0 Å². The maximum Gasteiger partial charge on any atom is 0.413 e. The number of carbonyl (C=O) groups is 1. The minimum Gasteiger partial charge on any atom is -0.444 e. The molecule has 0 aliphatic heterocycles. The van der Waals surface area contributed by atoms with E-state index in [0.29, 0.717) is 11.5 Å². The first-order valence-corrected chi connectivity index (χ1v) is 4.57. The Balaban J connectivity index is 2.67. The van der Waals surface area contributed by atoms with Gasteiger partial charge in [-0.1, -0.05) is 0 Å². The van der Waals surface area contributed by atoms with Gasteiger partial charge < -0.3 is 10.5 Å². The molecule has 0 aliphatic carbocycles. The van der Waals surface area contributed by atoms with Crippen molar-refractivity contribution in [2.24, 2.45) is 7.05 Å². The summed E-state index contributed by atoms with van der Waals surface area (Å²) >= 11 is 0. The number of hydrogen-bond donors (Lipinski definition) is 2. The summed E-state index contributed by atoms with van der Waals surface area (Å²) in [5.41, 5.74) is 5.48. The average Bonchev–Trinajstić information content (AvgIpc) is 2.32. The lowest BCUT2D eigenvalue weighted by Crippen LogP contribution is -2.28. The molecule has 1 rings (SSSR count). The highest BCUT2D eigenvalue weighted by Gasteiger charge is 2.18. The van der Waals surface area contributed by atoms with Crippen molar-refractivity contribution in [3.05, 3.63) is 6.20 Å². The topological polar surface area (TPSA) is 82.2 Å². The Hall–Kier alpha value is -1.72. The van der Waals surface area contributed by atoms with Crippen LogP contribution in [-0.2, 0) is 11.8 Å². The third kappa shape index (κ3) is 3.16. The van der Waals surface area contributed by atoms with Crippen molar-refractivity contribution >= 4 is 17.6 Å². The molecule has 0 fully saturated rings. The lowest BCUT2D eigenvalue weighted by Gasteiger charge is -2.19. The monoisotopic (exact) mass is 212 g/mol. The normalized spacial score (nSPS) is 11.2. The molecule has 1 amide bonds. The van der Waals surface area contributed by atoms with Gasteiger partial charge in [-0.05, 0) is 20.8 Å². The highest BCUT2D eigenvalue weighted by Crippen LogP contribution is 2.17. The molecule has 1 heterocycles. The van der Waals surface area contributed by atoms with Crippen LogP contribution in [0, 0.1) is 0 Å². The molecule has 0 bridgehead atoms. The second-order valence-electron chi connectivity index (χ2n) is 4.20. The summed E-state index contributed by atoms with van der Waals surface area (Å²) in [5.74, 6) is 0.434. The van der Waals surface area contributed by atoms with Gasteiger partial charge in [0.05, 0.1) is 11.9 Å². The minimum atomic E-state index is -0.544. The second-order valence-corrected chi connectivity index (χ2v) is 4.20. The van der Waals surface area contributed by atoms with Crippen molar-refractivity contribution < 1.29 is 9.53 Å². The van der Waals surface area contributed by atoms with Crippen LogP contribution in [0.1, 0.15) is 20.8 Å². The van der Waals surface area contributed by atoms with Crippen LogP contribution in [0.2, 0.25) is 0 Å². The highest BCUT2D eigenvalue weighted by molar-refractivity contribution is 5.87. The number of aromatic nitrogens is 2. The fourth-order valence-electron chi connectivity index (χ4n) is 1.01. The summed E-state index contributed by atoms with van der Waals surface area (Å²) in [7, 11) is 1.68. The molecule has 1 aromatic heterocycles. The number of carbonyl (C=O) groups excluding carboxylic acids is 1. The molecule has 84 valence electrons. The third-order valence-electron chi connectivity index (χ3n) is 1.59. The molecule has 0 saturated carbocycles. The zero-order valence-electron chi connectivity index (χ0n) is 9.37. The minimum absolute atomic E-state index is 0.406. The first-order chi connectivity index (χ1) is 6.79. The smallest absolute Gasteiger partial charge is 0.413 e. The number of amides is 1. The van der Waals surface area contributed by atoms with Gasteiger partial charge in [0.15, 0.2) is 5.82 Å². The number of hydrogen-bond acceptors (Lipinski definition) is 4. The van der Waals surface area contributed by atoms with Crippen LogP contribution in [0.4, 0.5) is 16.3 Å². The quantitative estimate of drug-likeness (QED) is 0.736. The molecule has 0 aromatic carbocycles. The van der Waals surface area contributed by atoms with Crippen LogP contribution < -0.4 is 11.1 Å². The van der Waals surface area contributed by atoms with Crippen LogP contribution in [0.25, 0.3) is 0 Å². The van der Waals surface area contributed by atoms with Gasteiger partial charge in [-0.2, -0.15) is 5.10 Å². The van der Waals surface area contributed by atoms with E-state index in [-0.39, 0.29) is 0 Å². The number of anilines is 2. The fraction of sp³-hybridized carbons (Fsp3) is 0.556. The molecule has 0 atom stereocenters. The molecular weight excluding hydrogens is 196 g/mol. The molecule has 1 aromatic rings. The first kappa shape index (κ1) is 11.4. The van der Waals surface area contributed by atoms with E-state index < -0.39 is 11.7 Å². The summed E-state index contributed by atoms with van der Waals surface area (Å²) in [6.07, 6.45) is 0.921. The van der Waals surface area contributed by atoms with Gasteiger partial charge in [0.1, 0.15) is 5.60 Å². The van der Waals surface area contributed by atoms with Gasteiger partial charge in [-0.3, -0.25) is 10.00 Å². The van der Waals surface area contributed by atoms with Crippen molar-refractivity contribution in [2.45, 2.75) is 26.4 Å². The molecule has 15 heavy (non-hydrogen) atoms. The molecule has 6 nitrogen and oxygen atoms in total. The molecule has 0 saturated heterocycles. The zero-order valence-corrected chi connectivity index (χ0v) is 9.37. The van der Waals surface area contributed by atoms with Gasteiger partial charge >= 0.3 is 6.09 Å². The van der Waals surface area contributed by atoms with Crippen LogP contribution >= 0.6 is 0 Å². The molecule has 3 N–H and O–H groups in total. The van der Waals surface area contributed by atoms with E-state index in [1.807, 2.05) is 0 Å². The number of ether oxygens (including phenoxy) is 1. The Kier molecular flexibility index (Phi) is 2.88. The van der Waals surface area contributed by atoms with Crippen LogP contribution in [0.5, 0.6) is 0 Å². The third-order valence-corrected chi connectivity index (χ3v) is 1.59. The average molecular weight is 212 g/mol. The van der Waals surface area contributed by atoms with E-state index >= 15 is 0 Å². The van der Waals surface area contributed by atoms with Crippen molar-refractivity contribution in [2.75, 3.05) is 11.1 Å². The first-order valence-electron chi connectivity index (χ1n) is 4.57. The molecular formula is C9H16N4O2. The summed E-state index contributed by atoms with van der Waals surface area (Å²) in [6.45, 7) is 5.37. The Morgan fingerprint density at radius 2 is 2.20 bits per heavy atom. The SMILES string of the molecule is Cn1ncc(N)c1NC(=O)OC(C)(C)C. The van der Waals surface area contributed by atoms with Gasteiger partial charge in [-0.15, -0.1) is 0 Å². The van der Waals surface area contributed by atoms with Crippen molar-refractivity contribution in [1.82, 2.24) is 9.78 Å². The maximum absolute atomic E-state index is 11.4. The van der Waals surface area contributed by atoms with Crippen LogP contribution in [0.3, 0.4) is 0 Å². The van der Waals surface area contributed by atoms with Gasteiger partial charge in [0.25, 0.3) is 0 Å². The van der Waals surface area contributed by atoms with E-state index in [9.17, 15) is 4.79 Å². The maximum atomic E-state index is 11.4. The number of rotatable bonds is 1. The summed E-state index contributed by atoms with van der Waals surface area (Å²) in [5, 5.41) is 6.42. The number of nitrogens with two attached hydrogens (primary N) is 1. The van der Waals surface area contributed by atoms with Gasteiger partial charge in [0.2, 0.25) is 0 Å². The summed E-state index contributed by atoms with van der Waals surface area (Å²) in [6, 6.07) is 0. The Morgan fingerprint density at radius 1 is 1.60 bits per heavy atom. The van der Waals surface area contributed by atoms with Gasteiger partial charge in [-0.25, -0.2) is 4.79 Å². The van der Waals surface area contributed by atoms with Crippen molar-refractivity contribution in [3.63, 3.8) is 0 Å². The Morgan fingerprint density at radius 3 is 2.60 bits per heavy atom. The van der Waals surface area contributed by atoms with Gasteiger partial charge in [0, 0.05) is 7.05 Å². The number of nitrogen functional groups attached to an aromatic ring is 1. The second kappa shape index (κ2) is 3.80. The molecule has 0 unspecified atom stereocenters. The van der Waals surface area contributed by atoms with Crippen molar-refractivity contribution in [3.8, 4) is 0 Å². The number of nitrogens with one attached hydrogen (secondary N) is 1. The summed E-state index contributed by atoms with van der Waals surface area (Å²) < 4.78 is 6.55. The predicted molar refractivity (Wildman–Crippen MR) is 57.5 cm³/mol. The van der Waals surface area contributed by atoms with E-state index in [0.717, 1.165) is 0 Å². The van der Waals surface area contributed by atoms with E-state index in [2.05, 4.69) is 10.4 Å². The van der Waals surface area contributed by atoms with Crippen LogP contribution in [-0.4, -0.2) is 21.5 Å².